The normalized spacial score (nSPS) is 29.4. The van der Waals surface area contributed by atoms with Crippen molar-refractivity contribution in [3.63, 3.8) is 0 Å². The predicted octanol–water partition coefficient (Wildman–Crippen LogP) is 2.25. The zero-order valence-electron chi connectivity index (χ0n) is 10.9. The molecule has 100 valence electrons. The molecule has 2 aliphatic rings. The van der Waals surface area contributed by atoms with Crippen LogP contribution in [0.25, 0.3) is 0 Å². The molecule has 0 bridgehead atoms. The lowest BCUT2D eigenvalue weighted by Crippen LogP contribution is -2.31. The van der Waals surface area contributed by atoms with Crippen molar-refractivity contribution in [3.05, 3.63) is 30.1 Å². The third-order valence-corrected chi connectivity index (χ3v) is 4.46. The molecule has 1 spiro atoms. The topological polar surface area (TPSA) is 28.2 Å². The number of nitrogens with zero attached hydrogens (tertiary/aromatic N) is 2. The lowest BCUT2D eigenvalue weighted by atomic mass is 9.86. The molecule has 1 aromatic rings. The van der Waals surface area contributed by atoms with Crippen molar-refractivity contribution in [3.8, 4) is 0 Å². The van der Waals surface area contributed by atoms with E-state index >= 15 is 0 Å². The predicted molar refractivity (Wildman–Crippen MR) is 76.0 cm³/mol. The quantitative estimate of drug-likeness (QED) is 0.891. The highest BCUT2D eigenvalue weighted by atomic mass is 35.5. The van der Waals surface area contributed by atoms with Gasteiger partial charge in [-0.25, -0.2) is 0 Å². The molecule has 2 fully saturated rings. The summed E-state index contributed by atoms with van der Waals surface area (Å²) in [6, 6.07) is 6.67. The van der Waals surface area contributed by atoms with E-state index in [-0.39, 0.29) is 12.4 Å². The molecule has 3 rings (SSSR count). The molecule has 2 atom stereocenters. The highest BCUT2D eigenvalue weighted by molar-refractivity contribution is 5.85. The van der Waals surface area contributed by atoms with Gasteiger partial charge in [0.05, 0.1) is 5.69 Å². The highest BCUT2D eigenvalue weighted by Gasteiger charge is 2.41. The number of hydrogen-bond acceptors (Lipinski definition) is 3. The van der Waals surface area contributed by atoms with Gasteiger partial charge >= 0.3 is 0 Å². The number of likely N-dealkylation sites (tertiary alicyclic amines) is 1. The fourth-order valence-corrected chi connectivity index (χ4v) is 3.25. The van der Waals surface area contributed by atoms with Crippen LogP contribution in [0.3, 0.4) is 0 Å². The molecule has 18 heavy (non-hydrogen) atoms. The first kappa shape index (κ1) is 13.8. The van der Waals surface area contributed by atoms with E-state index in [1.165, 1.54) is 44.7 Å². The largest absolute Gasteiger partial charge is 0.316 e. The van der Waals surface area contributed by atoms with Crippen molar-refractivity contribution in [1.29, 1.82) is 0 Å². The van der Waals surface area contributed by atoms with Gasteiger partial charge in [-0.05, 0) is 50.4 Å². The summed E-state index contributed by atoms with van der Waals surface area (Å²) >= 11 is 0. The van der Waals surface area contributed by atoms with Gasteiger partial charge in [0, 0.05) is 25.3 Å². The van der Waals surface area contributed by atoms with Gasteiger partial charge in [0.15, 0.2) is 0 Å². The SMILES string of the molecule is CC(c1ccccn1)N1CCC2(CCNC2)C1.Cl. The van der Waals surface area contributed by atoms with Crippen LogP contribution in [-0.2, 0) is 0 Å². The molecule has 1 aromatic heterocycles. The maximum absolute atomic E-state index is 4.48. The molecule has 0 amide bonds. The smallest absolute Gasteiger partial charge is 0.0572 e. The van der Waals surface area contributed by atoms with Crippen LogP contribution in [0.15, 0.2) is 24.4 Å². The average molecular weight is 268 g/mol. The standard InChI is InChI=1S/C14H21N3.ClH/c1-12(13-4-2-3-7-16-13)17-9-6-14(11-17)5-8-15-10-14;/h2-4,7,12,15H,5-6,8-11H2,1H3;1H. The van der Waals surface area contributed by atoms with Gasteiger partial charge in [-0.1, -0.05) is 6.07 Å². The fraction of sp³-hybridized carbons (Fsp3) is 0.643. The molecular weight excluding hydrogens is 246 g/mol. The number of pyridine rings is 1. The minimum Gasteiger partial charge on any atom is -0.316 e. The molecule has 2 aliphatic heterocycles. The van der Waals surface area contributed by atoms with Crippen LogP contribution in [0.1, 0.15) is 31.5 Å². The number of rotatable bonds is 2. The Bertz CT molecular complexity index is 376. The van der Waals surface area contributed by atoms with Crippen molar-refractivity contribution < 1.29 is 0 Å². The van der Waals surface area contributed by atoms with Crippen molar-refractivity contribution in [2.45, 2.75) is 25.8 Å². The zero-order valence-corrected chi connectivity index (χ0v) is 11.7. The Morgan fingerprint density at radius 1 is 1.39 bits per heavy atom. The molecule has 2 unspecified atom stereocenters. The van der Waals surface area contributed by atoms with Crippen LogP contribution < -0.4 is 5.32 Å². The van der Waals surface area contributed by atoms with E-state index in [1.54, 1.807) is 0 Å². The first-order chi connectivity index (χ1) is 8.29. The second-order valence-electron chi connectivity index (χ2n) is 5.58. The zero-order chi connectivity index (χ0) is 11.7. The minimum atomic E-state index is 0. The van der Waals surface area contributed by atoms with E-state index in [1.807, 2.05) is 12.3 Å². The van der Waals surface area contributed by atoms with E-state index in [9.17, 15) is 0 Å². The van der Waals surface area contributed by atoms with Gasteiger partial charge < -0.3 is 5.32 Å². The molecule has 3 nitrogen and oxygen atoms in total. The maximum atomic E-state index is 4.48. The van der Waals surface area contributed by atoms with Crippen LogP contribution in [0.4, 0.5) is 0 Å². The Hall–Kier alpha value is -0.640. The summed E-state index contributed by atoms with van der Waals surface area (Å²) in [5.41, 5.74) is 1.76. The van der Waals surface area contributed by atoms with E-state index in [4.69, 9.17) is 0 Å². The van der Waals surface area contributed by atoms with Gasteiger partial charge in [0.2, 0.25) is 0 Å². The van der Waals surface area contributed by atoms with Crippen molar-refractivity contribution in [2.24, 2.45) is 5.41 Å². The van der Waals surface area contributed by atoms with Crippen molar-refractivity contribution in [2.75, 3.05) is 26.2 Å². The van der Waals surface area contributed by atoms with Crippen LogP contribution in [0, 0.1) is 5.41 Å². The van der Waals surface area contributed by atoms with Gasteiger partial charge in [0.25, 0.3) is 0 Å². The van der Waals surface area contributed by atoms with E-state index in [0.29, 0.717) is 11.5 Å². The summed E-state index contributed by atoms with van der Waals surface area (Å²) in [7, 11) is 0. The molecule has 0 radical (unpaired) electrons. The van der Waals surface area contributed by atoms with E-state index in [2.05, 4.69) is 34.3 Å². The Labute approximate surface area is 115 Å². The molecule has 0 aromatic carbocycles. The molecule has 2 saturated heterocycles. The van der Waals surface area contributed by atoms with E-state index < -0.39 is 0 Å². The first-order valence-electron chi connectivity index (χ1n) is 6.65. The van der Waals surface area contributed by atoms with Gasteiger partial charge in [-0.2, -0.15) is 0 Å². The Morgan fingerprint density at radius 3 is 2.94 bits per heavy atom. The minimum absolute atomic E-state index is 0. The van der Waals surface area contributed by atoms with Crippen LogP contribution in [0.2, 0.25) is 0 Å². The summed E-state index contributed by atoms with van der Waals surface area (Å²) < 4.78 is 0. The number of hydrogen-bond donors (Lipinski definition) is 1. The highest BCUT2D eigenvalue weighted by Crippen LogP contribution is 2.39. The monoisotopic (exact) mass is 267 g/mol. The Balaban J connectivity index is 0.00000120. The molecule has 3 heterocycles. The van der Waals surface area contributed by atoms with Crippen molar-refractivity contribution >= 4 is 12.4 Å². The molecule has 0 aliphatic carbocycles. The van der Waals surface area contributed by atoms with Gasteiger partial charge in [0.1, 0.15) is 0 Å². The summed E-state index contributed by atoms with van der Waals surface area (Å²) in [6.07, 6.45) is 4.59. The molecule has 4 heteroatoms. The number of halogens is 1. The Morgan fingerprint density at radius 2 is 2.28 bits per heavy atom. The number of nitrogens with one attached hydrogen (secondary N) is 1. The summed E-state index contributed by atoms with van der Waals surface area (Å²) in [4.78, 5) is 7.07. The summed E-state index contributed by atoms with van der Waals surface area (Å²) in [6.45, 7) is 7.14. The summed E-state index contributed by atoms with van der Waals surface area (Å²) in [5.74, 6) is 0. The second kappa shape index (κ2) is 5.55. The first-order valence-corrected chi connectivity index (χ1v) is 6.65. The molecular formula is C14H22ClN3. The molecule has 0 saturated carbocycles. The average Bonchev–Trinajstić information content (AvgIpc) is 3.01. The maximum Gasteiger partial charge on any atom is 0.0572 e. The fourth-order valence-electron chi connectivity index (χ4n) is 3.25. The summed E-state index contributed by atoms with van der Waals surface area (Å²) in [5, 5.41) is 3.51. The molecule has 1 N–H and O–H groups in total. The van der Waals surface area contributed by atoms with E-state index in [0.717, 1.165) is 0 Å². The third kappa shape index (κ3) is 2.53. The lowest BCUT2D eigenvalue weighted by molar-refractivity contribution is 0.220. The Kier molecular flexibility index (Phi) is 4.25. The third-order valence-electron chi connectivity index (χ3n) is 4.46. The van der Waals surface area contributed by atoms with Gasteiger partial charge in [-0.15, -0.1) is 12.4 Å². The van der Waals surface area contributed by atoms with Crippen molar-refractivity contribution in [1.82, 2.24) is 15.2 Å². The van der Waals surface area contributed by atoms with Gasteiger partial charge in [-0.3, -0.25) is 9.88 Å². The lowest BCUT2D eigenvalue weighted by Gasteiger charge is -2.27. The van der Waals surface area contributed by atoms with Crippen LogP contribution in [-0.4, -0.2) is 36.1 Å². The van der Waals surface area contributed by atoms with Crippen LogP contribution in [0.5, 0.6) is 0 Å². The van der Waals surface area contributed by atoms with Crippen LogP contribution >= 0.6 is 12.4 Å². The second-order valence-corrected chi connectivity index (χ2v) is 5.58. The number of aromatic nitrogens is 1.